The second-order valence-electron chi connectivity index (χ2n) is 7.01. The summed E-state index contributed by atoms with van der Waals surface area (Å²) in [4.78, 5) is 21.2. The average molecular weight is 379 g/mol. The van der Waals surface area contributed by atoms with Crippen molar-refractivity contribution in [3.63, 3.8) is 0 Å². The van der Waals surface area contributed by atoms with Gasteiger partial charge in [0.05, 0.1) is 19.3 Å². The van der Waals surface area contributed by atoms with E-state index in [4.69, 9.17) is 0 Å². The monoisotopic (exact) mass is 379 g/mol. The van der Waals surface area contributed by atoms with Crippen molar-refractivity contribution in [1.82, 2.24) is 29.1 Å². The van der Waals surface area contributed by atoms with E-state index in [-0.39, 0.29) is 6.03 Å². The van der Waals surface area contributed by atoms with Crippen molar-refractivity contribution in [2.24, 2.45) is 7.05 Å². The fourth-order valence-corrected chi connectivity index (χ4v) is 3.37. The zero-order valence-corrected chi connectivity index (χ0v) is 16.0. The molecule has 28 heavy (non-hydrogen) atoms. The number of rotatable bonds is 5. The van der Waals surface area contributed by atoms with Crippen LogP contribution in [0.1, 0.15) is 11.4 Å². The topological polar surface area (TPSA) is 71.2 Å². The first-order valence-corrected chi connectivity index (χ1v) is 9.49. The Bertz CT molecular complexity index is 910. The van der Waals surface area contributed by atoms with E-state index in [1.807, 2.05) is 70.0 Å². The standard InChI is InChI=1S/C20H25N7O/c1-24-10-9-21-19(24)16-25-11-13-26(14-12-25)20(28)23-18-7-8-22-27(18)15-17-5-3-2-4-6-17/h2-10H,11-16H2,1H3,(H,23,28). The van der Waals surface area contributed by atoms with Gasteiger partial charge in [-0.2, -0.15) is 5.10 Å². The van der Waals surface area contributed by atoms with Crippen LogP contribution in [0.5, 0.6) is 0 Å². The Morgan fingerprint density at radius 1 is 1.04 bits per heavy atom. The lowest BCUT2D eigenvalue weighted by Crippen LogP contribution is -2.49. The lowest BCUT2D eigenvalue weighted by molar-refractivity contribution is 0.140. The Morgan fingerprint density at radius 2 is 1.82 bits per heavy atom. The Morgan fingerprint density at radius 3 is 2.54 bits per heavy atom. The van der Waals surface area contributed by atoms with Gasteiger partial charge < -0.3 is 9.47 Å². The molecule has 3 heterocycles. The third-order valence-corrected chi connectivity index (χ3v) is 5.07. The zero-order valence-electron chi connectivity index (χ0n) is 16.0. The molecule has 0 spiro atoms. The van der Waals surface area contributed by atoms with E-state index < -0.39 is 0 Å². The molecule has 0 saturated carbocycles. The van der Waals surface area contributed by atoms with Crippen molar-refractivity contribution in [2.75, 3.05) is 31.5 Å². The summed E-state index contributed by atoms with van der Waals surface area (Å²) in [5.41, 5.74) is 1.14. The minimum Gasteiger partial charge on any atom is -0.337 e. The fraction of sp³-hybridized carbons (Fsp3) is 0.350. The van der Waals surface area contributed by atoms with Gasteiger partial charge in [0.1, 0.15) is 11.6 Å². The van der Waals surface area contributed by atoms with Gasteiger partial charge in [-0.3, -0.25) is 10.2 Å². The Hall–Kier alpha value is -3.13. The van der Waals surface area contributed by atoms with Crippen molar-refractivity contribution in [3.05, 3.63) is 66.4 Å². The molecule has 3 aromatic rings. The number of urea groups is 1. The fourth-order valence-electron chi connectivity index (χ4n) is 3.37. The molecule has 1 aromatic carbocycles. The van der Waals surface area contributed by atoms with Crippen molar-refractivity contribution in [1.29, 1.82) is 0 Å². The maximum absolute atomic E-state index is 12.7. The van der Waals surface area contributed by atoms with Gasteiger partial charge >= 0.3 is 6.03 Å². The molecule has 1 aliphatic rings. The maximum Gasteiger partial charge on any atom is 0.323 e. The van der Waals surface area contributed by atoms with Crippen LogP contribution in [0.4, 0.5) is 10.6 Å². The van der Waals surface area contributed by atoms with Gasteiger partial charge in [0.25, 0.3) is 0 Å². The second-order valence-corrected chi connectivity index (χ2v) is 7.01. The number of carbonyl (C=O) groups is 1. The van der Waals surface area contributed by atoms with Crippen LogP contribution < -0.4 is 5.32 Å². The normalized spacial score (nSPS) is 15.0. The Labute approximate surface area is 164 Å². The number of hydrogen-bond acceptors (Lipinski definition) is 4. The molecule has 0 aliphatic carbocycles. The van der Waals surface area contributed by atoms with Crippen molar-refractivity contribution in [2.45, 2.75) is 13.1 Å². The first-order valence-electron chi connectivity index (χ1n) is 9.49. The molecule has 0 atom stereocenters. The van der Waals surface area contributed by atoms with Gasteiger partial charge in [0.15, 0.2) is 0 Å². The molecule has 146 valence electrons. The maximum atomic E-state index is 12.7. The molecule has 0 bridgehead atoms. The summed E-state index contributed by atoms with van der Waals surface area (Å²) in [6, 6.07) is 11.8. The summed E-state index contributed by atoms with van der Waals surface area (Å²) >= 11 is 0. The summed E-state index contributed by atoms with van der Waals surface area (Å²) in [7, 11) is 2.00. The van der Waals surface area contributed by atoms with Gasteiger partial charge in [-0.25, -0.2) is 14.5 Å². The number of benzene rings is 1. The summed E-state index contributed by atoms with van der Waals surface area (Å²) in [5, 5.41) is 7.34. The largest absolute Gasteiger partial charge is 0.337 e. The molecule has 8 heteroatoms. The van der Waals surface area contributed by atoms with E-state index in [1.54, 1.807) is 6.20 Å². The molecule has 1 aliphatic heterocycles. The van der Waals surface area contributed by atoms with Gasteiger partial charge in [0, 0.05) is 51.7 Å². The number of imidazole rings is 1. The van der Waals surface area contributed by atoms with Gasteiger partial charge in [-0.15, -0.1) is 0 Å². The van der Waals surface area contributed by atoms with E-state index in [0.29, 0.717) is 25.5 Å². The number of carbonyl (C=O) groups excluding carboxylic acids is 1. The minimum absolute atomic E-state index is 0.0774. The predicted octanol–water partition coefficient (Wildman–Crippen LogP) is 2.01. The molecular weight excluding hydrogens is 354 g/mol. The van der Waals surface area contributed by atoms with Crippen LogP contribution in [0.25, 0.3) is 0 Å². The number of hydrogen-bond donors (Lipinski definition) is 1. The Kier molecular flexibility index (Phi) is 5.38. The van der Waals surface area contributed by atoms with Gasteiger partial charge in [-0.05, 0) is 5.56 Å². The quantitative estimate of drug-likeness (QED) is 0.736. The van der Waals surface area contributed by atoms with Gasteiger partial charge in [0.2, 0.25) is 0 Å². The third kappa shape index (κ3) is 4.23. The number of amides is 2. The Balaban J connectivity index is 1.31. The number of aromatic nitrogens is 4. The number of anilines is 1. The average Bonchev–Trinajstić information content (AvgIpc) is 3.32. The van der Waals surface area contributed by atoms with E-state index in [9.17, 15) is 4.79 Å². The number of piperazine rings is 1. The highest BCUT2D eigenvalue weighted by molar-refractivity contribution is 5.88. The summed E-state index contributed by atoms with van der Waals surface area (Å²) < 4.78 is 3.84. The predicted molar refractivity (Wildman–Crippen MR) is 107 cm³/mol. The minimum atomic E-state index is -0.0774. The van der Waals surface area contributed by atoms with Crippen molar-refractivity contribution >= 4 is 11.8 Å². The molecule has 4 rings (SSSR count). The van der Waals surface area contributed by atoms with Crippen LogP contribution in [-0.2, 0) is 20.1 Å². The van der Waals surface area contributed by atoms with E-state index in [1.165, 1.54) is 0 Å². The summed E-state index contributed by atoms with van der Waals surface area (Å²) in [5.74, 6) is 1.76. The van der Waals surface area contributed by atoms with Crippen molar-refractivity contribution in [3.8, 4) is 0 Å². The van der Waals surface area contributed by atoms with E-state index >= 15 is 0 Å². The molecule has 2 amide bonds. The van der Waals surface area contributed by atoms with Crippen LogP contribution in [0.2, 0.25) is 0 Å². The molecule has 1 N–H and O–H groups in total. The van der Waals surface area contributed by atoms with Crippen LogP contribution in [-0.4, -0.2) is 61.3 Å². The lowest BCUT2D eigenvalue weighted by atomic mass is 10.2. The summed E-state index contributed by atoms with van der Waals surface area (Å²) in [6.07, 6.45) is 5.48. The molecule has 1 saturated heterocycles. The molecular formula is C20H25N7O. The second kappa shape index (κ2) is 8.26. The van der Waals surface area contributed by atoms with Crippen LogP contribution >= 0.6 is 0 Å². The number of nitrogens with zero attached hydrogens (tertiary/aromatic N) is 6. The van der Waals surface area contributed by atoms with Crippen molar-refractivity contribution < 1.29 is 4.79 Å². The molecule has 8 nitrogen and oxygen atoms in total. The number of aryl methyl sites for hydroxylation is 1. The SMILES string of the molecule is Cn1ccnc1CN1CCN(C(=O)Nc2ccnn2Cc2ccccc2)CC1. The summed E-state index contributed by atoms with van der Waals surface area (Å²) in [6.45, 7) is 4.50. The smallest absolute Gasteiger partial charge is 0.323 e. The molecule has 0 radical (unpaired) electrons. The zero-order chi connectivity index (χ0) is 19.3. The first-order chi connectivity index (χ1) is 13.7. The third-order valence-electron chi connectivity index (χ3n) is 5.07. The number of nitrogens with one attached hydrogen (secondary N) is 1. The molecule has 2 aromatic heterocycles. The van der Waals surface area contributed by atoms with E-state index in [0.717, 1.165) is 31.0 Å². The van der Waals surface area contributed by atoms with Crippen LogP contribution in [0, 0.1) is 0 Å². The first kappa shape index (κ1) is 18.2. The molecule has 0 unspecified atom stereocenters. The highest BCUT2D eigenvalue weighted by Crippen LogP contribution is 2.13. The van der Waals surface area contributed by atoms with E-state index in [2.05, 4.69) is 20.3 Å². The highest BCUT2D eigenvalue weighted by atomic mass is 16.2. The van der Waals surface area contributed by atoms with Crippen LogP contribution in [0.15, 0.2) is 55.0 Å². The lowest BCUT2D eigenvalue weighted by Gasteiger charge is -2.34. The van der Waals surface area contributed by atoms with Gasteiger partial charge in [-0.1, -0.05) is 30.3 Å². The highest BCUT2D eigenvalue weighted by Gasteiger charge is 2.22. The molecule has 1 fully saturated rings. The van der Waals surface area contributed by atoms with Crippen LogP contribution in [0.3, 0.4) is 0 Å².